The van der Waals surface area contributed by atoms with E-state index in [1.807, 2.05) is 55.7 Å². The molecule has 3 nitrogen and oxygen atoms in total. The molecule has 0 atom stereocenters. The van der Waals surface area contributed by atoms with Crippen molar-refractivity contribution in [2.75, 3.05) is 5.32 Å². The predicted molar refractivity (Wildman–Crippen MR) is 77.3 cm³/mol. The smallest absolute Gasteiger partial charge is 0.221 e. The van der Waals surface area contributed by atoms with Crippen LogP contribution in [0.3, 0.4) is 0 Å². The minimum absolute atomic E-state index is 0.0559. The Labute approximate surface area is 113 Å². The first-order valence-corrected chi connectivity index (χ1v) is 6.15. The van der Waals surface area contributed by atoms with E-state index in [2.05, 4.69) is 22.0 Å². The molecule has 3 heteroatoms. The summed E-state index contributed by atoms with van der Waals surface area (Å²) in [7, 11) is 2.01. The standard InChI is InChI=1S/C16H16N2O/c1-13(19)17-15-9-6-14(7-10-15)8-11-16-5-3-4-12-18(16)2/h3-12H,1-2H3/p+1. The lowest BCUT2D eigenvalue weighted by Crippen LogP contribution is -2.30. The van der Waals surface area contributed by atoms with Gasteiger partial charge in [0.05, 0.1) is 0 Å². The van der Waals surface area contributed by atoms with Gasteiger partial charge in [-0.05, 0) is 29.8 Å². The van der Waals surface area contributed by atoms with Gasteiger partial charge in [0.25, 0.3) is 0 Å². The summed E-state index contributed by atoms with van der Waals surface area (Å²) in [6.07, 6.45) is 6.12. The van der Waals surface area contributed by atoms with Crippen molar-refractivity contribution in [2.24, 2.45) is 7.05 Å². The summed E-state index contributed by atoms with van der Waals surface area (Å²) >= 11 is 0. The highest BCUT2D eigenvalue weighted by Crippen LogP contribution is 2.11. The molecule has 0 aliphatic carbocycles. The average Bonchev–Trinajstić information content (AvgIpc) is 2.39. The second kappa shape index (κ2) is 5.96. The Morgan fingerprint density at radius 3 is 2.47 bits per heavy atom. The van der Waals surface area contributed by atoms with E-state index in [1.54, 1.807) is 0 Å². The van der Waals surface area contributed by atoms with Crippen molar-refractivity contribution in [3.05, 3.63) is 59.9 Å². The molecule has 0 aliphatic rings. The van der Waals surface area contributed by atoms with Gasteiger partial charge in [-0.25, -0.2) is 4.57 Å². The third kappa shape index (κ3) is 3.78. The number of amides is 1. The highest BCUT2D eigenvalue weighted by atomic mass is 16.1. The number of nitrogens with one attached hydrogen (secondary N) is 1. The molecule has 0 saturated carbocycles. The first-order valence-electron chi connectivity index (χ1n) is 6.15. The Morgan fingerprint density at radius 1 is 1.11 bits per heavy atom. The summed E-state index contributed by atoms with van der Waals surface area (Å²) in [5.74, 6) is -0.0559. The maximum atomic E-state index is 10.9. The van der Waals surface area contributed by atoms with Crippen LogP contribution in [0.25, 0.3) is 12.2 Å². The van der Waals surface area contributed by atoms with E-state index in [-0.39, 0.29) is 5.91 Å². The van der Waals surface area contributed by atoms with Gasteiger partial charge in [0.1, 0.15) is 7.05 Å². The maximum absolute atomic E-state index is 10.9. The van der Waals surface area contributed by atoms with Crippen molar-refractivity contribution in [2.45, 2.75) is 6.92 Å². The van der Waals surface area contributed by atoms with E-state index in [1.165, 1.54) is 6.92 Å². The van der Waals surface area contributed by atoms with Crippen LogP contribution in [0.4, 0.5) is 5.69 Å². The lowest BCUT2D eigenvalue weighted by molar-refractivity contribution is -0.673. The lowest BCUT2D eigenvalue weighted by Gasteiger charge is -2.01. The fraction of sp³-hybridized carbons (Fsp3) is 0.125. The second-order valence-electron chi connectivity index (χ2n) is 4.37. The van der Waals surface area contributed by atoms with Gasteiger partial charge in [-0.2, -0.15) is 0 Å². The molecule has 2 aromatic rings. The Balaban J connectivity index is 2.11. The minimum atomic E-state index is -0.0559. The summed E-state index contributed by atoms with van der Waals surface area (Å²) in [4.78, 5) is 10.9. The van der Waals surface area contributed by atoms with Crippen LogP contribution < -0.4 is 9.88 Å². The number of hydrogen-bond acceptors (Lipinski definition) is 1. The largest absolute Gasteiger partial charge is 0.326 e. The molecular formula is C16H17N2O+. The number of anilines is 1. The molecule has 0 fully saturated rings. The van der Waals surface area contributed by atoms with Crippen molar-refractivity contribution < 1.29 is 9.36 Å². The van der Waals surface area contributed by atoms with Crippen LogP contribution in [0.1, 0.15) is 18.2 Å². The van der Waals surface area contributed by atoms with E-state index < -0.39 is 0 Å². The van der Waals surface area contributed by atoms with Gasteiger partial charge >= 0.3 is 0 Å². The Morgan fingerprint density at radius 2 is 1.84 bits per heavy atom. The van der Waals surface area contributed by atoms with E-state index in [0.29, 0.717) is 0 Å². The van der Waals surface area contributed by atoms with Crippen molar-refractivity contribution in [3.63, 3.8) is 0 Å². The van der Waals surface area contributed by atoms with Crippen molar-refractivity contribution in [3.8, 4) is 0 Å². The highest BCUT2D eigenvalue weighted by molar-refractivity contribution is 5.88. The van der Waals surface area contributed by atoms with Gasteiger partial charge in [-0.1, -0.05) is 12.1 Å². The van der Waals surface area contributed by atoms with Gasteiger partial charge in [-0.3, -0.25) is 4.79 Å². The van der Waals surface area contributed by atoms with Gasteiger partial charge in [-0.15, -0.1) is 0 Å². The minimum Gasteiger partial charge on any atom is -0.326 e. The van der Waals surface area contributed by atoms with Crippen LogP contribution in [0.5, 0.6) is 0 Å². The average molecular weight is 253 g/mol. The van der Waals surface area contributed by atoms with Gasteiger partial charge < -0.3 is 5.32 Å². The number of pyridine rings is 1. The molecule has 0 radical (unpaired) electrons. The fourth-order valence-electron chi connectivity index (χ4n) is 1.77. The van der Waals surface area contributed by atoms with Crippen LogP contribution in [0.2, 0.25) is 0 Å². The zero-order chi connectivity index (χ0) is 13.7. The molecule has 1 aromatic heterocycles. The van der Waals surface area contributed by atoms with Gasteiger partial charge in [0.2, 0.25) is 11.6 Å². The van der Waals surface area contributed by atoms with Crippen molar-refractivity contribution in [1.82, 2.24) is 0 Å². The molecule has 1 aromatic carbocycles. The van der Waals surface area contributed by atoms with Crippen LogP contribution in [-0.4, -0.2) is 5.91 Å². The van der Waals surface area contributed by atoms with Crippen molar-refractivity contribution >= 4 is 23.7 Å². The van der Waals surface area contributed by atoms with E-state index in [9.17, 15) is 4.79 Å². The lowest BCUT2D eigenvalue weighted by atomic mass is 10.1. The van der Waals surface area contributed by atoms with E-state index >= 15 is 0 Å². The van der Waals surface area contributed by atoms with Crippen LogP contribution in [0, 0.1) is 0 Å². The number of benzene rings is 1. The summed E-state index contributed by atoms with van der Waals surface area (Å²) < 4.78 is 2.06. The summed E-state index contributed by atoms with van der Waals surface area (Å²) in [6, 6.07) is 13.8. The molecule has 19 heavy (non-hydrogen) atoms. The number of hydrogen-bond donors (Lipinski definition) is 1. The molecule has 1 amide bonds. The number of aryl methyl sites for hydroxylation is 1. The molecule has 0 spiro atoms. The molecule has 1 heterocycles. The number of rotatable bonds is 3. The van der Waals surface area contributed by atoms with Gasteiger partial charge in [0.15, 0.2) is 6.20 Å². The monoisotopic (exact) mass is 253 g/mol. The van der Waals surface area contributed by atoms with Crippen LogP contribution in [0.15, 0.2) is 48.7 Å². The van der Waals surface area contributed by atoms with Crippen molar-refractivity contribution in [1.29, 1.82) is 0 Å². The van der Waals surface area contributed by atoms with Crippen LogP contribution in [-0.2, 0) is 11.8 Å². The molecule has 0 saturated heterocycles. The summed E-state index contributed by atoms with van der Waals surface area (Å²) in [5.41, 5.74) is 3.04. The number of carbonyl (C=O) groups is 1. The zero-order valence-electron chi connectivity index (χ0n) is 11.1. The normalized spacial score (nSPS) is 10.6. The Bertz CT molecular complexity index is 600. The number of carbonyl (C=O) groups excluding carboxylic acids is 1. The first-order chi connectivity index (χ1) is 9.15. The van der Waals surface area contributed by atoms with Gasteiger partial charge in [0, 0.05) is 30.8 Å². The number of nitrogens with zero attached hydrogens (tertiary/aromatic N) is 1. The topological polar surface area (TPSA) is 33.0 Å². The maximum Gasteiger partial charge on any atom is 0.221 e. The van der Waals surface area contributed by atoms with E-state index in [0.717, 1.165) is 16.9 Å². The molecule has 96 valence electrons. The molecule has 0 unspecified atom stereocenters. The summed E-state index contributed by atoms with van der Waals surface area (Å²) in [5, 5.41) is 2.75. The Hall–Kier alpha value is -2.42. The predicted octanol–water partition coefficient (Wildman–Crippen LogP) is 2.64. The van der Waals surface area contributed by atoms with E-state index in [4.69, 9.17) is 0 Å². The second-order valence-corrected chi connectivity index (χ2v) is 4.37. The highest BCUT2D eigenvalue weighted by Gasteiger charge is 1.99. The molecular weight excluding hydrogens is 236 g/mol. The Kier molecular flexibility index (Phi) is 4.08. The third-order valence-corrected chi connectivity index (χ3v) is 2.77. The molecule has 0 bridgehead atoms. The molecule has 1 N–H and O–H groups in total. The number of aromatic nitrogens is 1. The summed E-state index contributed by atoms with van der Waals surface area (Å²) in [6.45, 7) is 1.50. The molecule has 0 aliphatic heterocycles. The quantitative estimate of drug-likeness (QED) is 0.838. The third-order valence-electron chi connectivity index (χ3n) is 2.77. The van der Waals surface area contributed by atoms with Crippen LogP contribution >= 0.6 is 0 Å². The molecule has 2 rings (SSSR count). The SMILES string of the molecule is CC(=O)Nc1ccc(/C=C\c2cccc[n+]2C)cc1. The first kappa shape index (κ1) is 13.0. The zero-order valence-corrected chi connectivity index (χ0v) is 11.1. The fourth-order valence-corrected chi connectivity index (χ4v) is 1.77.